The number of hydrogen-bond acceptors (Lipinski definition) is 5. The second-order valence-electron chi connectivity index (χ2n) is 8.02. The molecule has 0 bridgehead atoms. The largest absolute Gasteiger partial charge is 0.383 e. The quantitative estimate of drug-likeness (QED) is 0.358. The smallest absolute Gasteiger partial charge is 0.249 e. The van der Waals surface area contributed by atoms with Gasteiger partial charge in [0.2, 0.25) is 11.8 Å². The number of halogens is 1. The number of aromatic nitrogens is 3. The molecule has 0 aliphatic carbocycles. The van der Waals surface area contributed by atoms with Crippen LogP contribution in [0.4, 0.5) is 5.69 Å². The molecule has 0 radical (unpaired) electrons. The molecule has 1 aromatic heterocycles. The Bertz CT molecular complexity index is 1320. The Hall–Kier alpha value is -3.75. The number of methoxy groups -OCH3 is 1. The van der Waals surface area contributed by atoms with Gasteiger partial charge in [-0.1, -0.05) is 53.2 Å². The standard InChI is InChI=1S/C26H26ClN5O3/c1-18-7-3-4-8-21(18)25(26(34)28-15-16-35-2)32(20-13-11-19(27)12-14-20)24(33)17-31-23-10-6-5-9-22(23)29-30-31/h3-14,25H,15-17H2,1-2H3,(H,28,34). The maximum Gasteiger partial charge on any atom is 0.249 e. The Kier molecular flexibility index (Phi) is 7.74. The molecule has 0 aliphatic heterocycles. The van der Waals surface area contributed by atoms with Gasteiger partial charge in [-0.15, -0.1) is 5.10 Å². The second-order valence-corrected chi connectivity index (χ2v) is 8.46. The molecule has 1 atom stereocenters. The number of para-hydroxylation sites is 1. The van der Waals surface area contributed by atoms with Gasteiger partial charge in [-0.25, -0.2) is 4.68 Å². The molecule has 2 amide bonds. The monoisotopic (exact) mass is 491 g/mol. The Morgan fingerprint density at radius 2 is 1.77 bits per heavy atom. The van der Waals surface area contributed by atoms with Gasteiger partial charge in [0, 0.05) is 24.4 Å². The third-order valence-corrected chi connectivity index (χ3v) is 5.93. The molecular weight excluding hydrogens is 466 g/mol. The van der Waals surface area contributed by atoms with E-state index < -0.39 is 6.04 Å². The minimum absolute atomic E-state index is 0.100. The Morgan fingerprint density at radius 1 is 1.06 bits per heavy atom. The zero-order valence-electron chi connectivity index (χ0n) is 19.5. The van der Waals surface area contributed by atoms with Gasteiger partial charge in [0.05, 0.1) is 12.1 Å². The van der Waals surface area contributed by atoms with Gasteiger partial charge < -0.3 is 10.1 Å². The Morgan fingerprint density at radius 3 is 2.51 bits per heavy atom. The maximum atomic E-state index is 13.9. The van der Waals surface area contributed by atoms with Crippen LogP contribution in [0.15, 0.2) is 72.8 Å². The number of rotatable bonds is 9. The first kappa shape index (κ1) is 24.4. The molecule has 4 rings (SSSR count). The molecule has 3 aromatic carbocycles. The average Bonchev–Trinajstić information content (AvgIpc) is 3.26. The van der Waals surface area contributed by atoms with E-state index in [1.54, 1.807) is 36.1 Å². The summed E-state index contributed by atoms with van der Waals surface area (Å²) < 4.78 is 6.63. The number of fused-ring (bicyclic) bond motifs is 1. The number of benzene rings is 3. The van der Waals surface area contributed by atoms with Crippen molar-refractivity contribution in [3.63, 3.8) is 0 Å². The van der Waals surface area contributed by atoms with Gasteiger partial charge in [-0.2, -0.15) is 0 Å². The van der Waals surface area contributed by atoms with E-state index in [1.165, 1.54) is 4.90 Å². The summed E-state index contributed by atoms with van der Waals surface area (Å²) in [4.78, 5) is 28.9. The van der Waals surface area contributed by atoms with E-state index in [-0.39, 0.29) is 18.4 Å². The van der Waals surface area contributed by atoms with Crippen molar-refractivity contribution in [2.24, 2.45) is 0 Å². The van der Waals surface area contributed by atoms with Gasteiger partial charge in [0.25, 0.3) is 0 Å². The van der Waals surface area contributed by atoms with Gasteiger partial charge in [0.1, 0.15) is 18.1 Å². The molecule has 1 heterocycles. The molecule has 8 nitrogen and oxygen atoms in total. The van der Waals surface area contributed by atoms with Crippen molar-refractivity contribution in [2.75, 3.05) is 25.2 Å². The van der Waals surface area contributed by atoms with Gasteiger partial charge >= 0.3 is 0 Å². The summed E-state index contributed by atoms with van der Waals surface area (Å²) in [6.07, 6.45) is 0. The van der Waals surface area contributed by atoms with Crippen LogP contribution in [-0.2, 0) is 20.9 Å². The van der Waals surface area contributed by atoms with Gasteiger partial charge in [0.15, 0.2) is 0 Å². The minimum Gasteiger partial charge on any atom is -0.383 e. The van der Waals surface area contributed by atoms with Crippen molar-refractivity contribution in [1.82, 2.24) is 20.3 Å². The molecule has 9 heteroatoms. The van der Waals surface area contributed by atoms with E-state index in [2.05, 4.69) is 15.6 Å². The fraction of sp³-hybridized carbons (Fsp3) is 0.231. The molecular formula is C26H26ClN5O3. The average molecular weight is 492 g/mol. The molecule has 0 spiro atoms. The maximum absolute atomic E-state index is 13.9. The normalized spacial score (nSPS) is 11.9. The lowest BCUT2D eigenvalue weighted by atomic mass is 9.98. The number of ether oxygens (including phenoxy) is 1. The molecule has 4 aromatic rings. The molecule has 35 heavy (non-hydrogen) atoms. The molecule has 0 fully saturated rings. The predicted octanol–water partition coefficient (Wildman–Crippen LogP) is 3.93. The molecule has 1 unspecified atom stereocenters. The van der Waals surface area contributed by atoms with Gasteiger partial charge in [-0.3, -0.25) is 14.5 Å². The fourth-order valence-corrected chi connectivity index (χ4v) is 4.07. The summed E-state index contributed by atoms with van der Waals surface area (Å²) >= 11 is 6.13. The van der Waals surface area contributed by atoms with Crippen molar-refractivity contribution in [1.29, 1.82) is 0 Å². The highest BCUT2D eigenvalue weighted by atomic mass is 35.5. The number of hydrogen-bond donors (Lipinski definition) is 1. The number of amides is 2. The van der Waals surface area contributed by atoms with Crippen molar-refractivity contribution in [2.45, 2.75) is 19.5 Å². The van der Waals surface area contributed by atoms with Crippen molar-refractivity contribution in [3.8, 4) is 0 Å². The zero-order valence-corrected chi connectivity index (χ0v) is 20.3. The predicted molar refractivity (Wildman–Crippen MR) is 135 cm³/mol. The first-order chi connectivity index (χ1) is 17.0. The topological polar surface area (TPSA) is 89.4 Å². The molecule has 0 aliphatic rings. The summed E-state index contributed by atoms with van der Waals surface area (Å²) in [7, 11) is 1.57. The number of anilines is 1. The summed E-state index contributed by atoms with van der Waals surface area (Å²) in [5.74, 6) is -0.638. The van der Waals surface area contributed by atoms with Crippen LogP contribution in [0.1, 0.15) is 17.2 Å². The summed E-state index contributed by atoms with van der Waals surface area (Å²) in [6, 6.07) is 20.9. The third-order valence-electron chi connectivity index (χ3n) is 5.67. The first-order valence-electron chi connectivity index (χ1n) is 11.2. The highest BCUT2D eigenvalue weighted by Crippen LogP contribution is 2.31. The number of carbonyl (C=O) groups is 2. The molecule has 0 saturated heterocycles. The Balaban J connectivity index is 1.78. The number of aryl methyl sites for hydroxylation is 1. The number of nitrogens with one attached hydrogen (secondary N) is 1. The van der Waals surface area contributed by atoms with Crippen LogP contribution in [-0.4, -0.2) is 47.1 Å². The lowest BCUT2D eigenvalue weighted by Gasteiger charge is -2.32. The minimum atomic E-state index is -0.920. The van der Waals surface area contributed by atoms with Crippen LogP contribution in [0.2, 0.25) is 5.02 Å². The van der Waals surface area contributed by atoms with E-state index in [0.717, 1.165) is 11.1 Å². The first-order valence-corrected chi connectivity index (χ1v) is 11.6. The fourth-order valence-electron chi connectivity index (χ4n) is 3.94. The van der Waals surface area contributed by atoms with Crippen molar-refractivity contribution >= 4 is 40.1 Å². The van der Waals surface area contributed by atoms with E-state index in [4.69, 9.17) is 16.3 Å². The van der Waals surface area contributed by atoms with Crippen molar-refractivity contribution in [3.05, 3.63) is 88.9 Å². The Labute approximate surface area is 208 Å². The summed E-state index contributed by atoms with van der Waals surface area (Å²) in [5, 5.41) is 11.7. The van der Waals surface area contributed by atoms with Crippen molar-refractivity contribution < 1.29 is 14.3 Å². The van der Waals surface area contributed by atoms with E-state index in [9.17, 15) is 9.59 Å². The van der Waals surface area contributed by atoms with Crippen LogP contribution in [0, 0.1) is 6.92 Å². The summed E-state index contributed by atoms with van der Waals surface area (Å²) in [6.45, 7) is 2.48. The van der Waals surface area contributed by atoms with Crippen LogP contribution >= 0.6 is 11.6 Å². The highest BCUT2D eigenvalue weighted by Gasteiger charge is 2.34. The number of carbonyl (C=O) groups excluding carboxylic acids is 2. The van der Waals surface area contributed by atoms with Crippen LogP contribution in [0.5, 0.6) is 0 Å². The van der Waals surface area contributed by atoms with E-state index in [1.807, 2.05) is 55.5 Å². The third kappa shape index (κ3) is 5.50. The second kappa shape index (κ2) is 11.1. The van der Waals surface area contributed by atoms with Crippen LogP contribution in [0.3, 0.4) is 0 Å². The molecule has 1 N–H and O–H groups in total. The zero-order chi connectivity index (χ0) is 24.8. The summed E-state index contributed by atoms with van der Waals surface area (Å²) in [5.41, 5.74) is 3.56. The van der Waals surface area contributed by atoms with E-state index in [0.29, 0.717) is 34.9 Å². The highest BCUT2D eigenvalue weighted by molar-refractivity contribution is 6.30. The lowest BCUT2D eigenvalue weighted by molar-refractivity contribution is -0.127. The number of nitrogens with zero attached hydrogens (tertiary/aromatic N) is 4. The molecule has 0 saturated carbocycles. The van der Waals surface area contributed by atoms with E-state index >= 15 is 0 Å². The lowest BCUT2D eigenvalue weighted by Crippen LogP contribution is -2.46. The van der Waals surface area contributed by atoms with Crippen LogP contribution in [0.25, 0.3) is 11.0 Å². The SMILES string of the molecule is COCCNC(=O)C(c1ccccc1C)N(C(=O)Cn1nnc2ccccc21)c1ccc(Cl)cc1. The van der Waals surface area contributed by atoms with Gasteiger partial charge in [-0.05, 0) is 54.4 Å². The molecule has 180 valence electrons. The van der Waals surface area contributed by atoms with Crippen LogP contribution < -0.4 is 10.2 Å².